The minimum atomic E-state index is -0.943. The van der Waals surface area contributed by atoms with Gasteiger partial charge in [-0.15, -0.1) is 0 Å². The van der Waals surface area contributed by atoms with E-state index in [1.165, 1.54) is 11.8 Å². The van der Waals surface area contributed by atoms with Crippen molar-refractivity contribution in [3.8, 4) is 5.75 Å². The Labute approximate surface area is 109 Å². The molecule has 18 heavy (non-hydrogen) atoms. The van der Waals surface area contributed by atoms with Crippen molar-refractivity contribution < 1.29 is 15.0 Å². The number of benzene rings is 1. The Balaban J connectivity index is 2.20. The average Bonchev–Trinajstić information content (AvgIpc) is 2.57. The lowest BCUT2D eigenvalue weighted by Crippen LogP contribution is -2.34. The second kappa shape index (κ2) is 4.53. The lowest BCUT2D eigenvalue weighted by Gasteiger charge is -2.20. The van der Waals surface area contributed by atoms with Crippen LogP contribution >= 0.6 is 11.8 Å². The average molecular weight is 266 g/mol. The number of carbonyl (C=O) groups is 1. The zero-order valence-corrected chi connectivity index (χ0v) is 10.9. The number of aliphatic carboxylic acids is 1. The molecule has 1 atom stereocenters. The molecule has 1 aliphatic rings. The number of rotatable bonds is 2. The number of nitrogens with zero attached hydrogens (tertiary/aromatic N) is 1. The van der Waals surface area contributed by atoms with Gasteiger partial charge in [0.1, 0.15) is 5.75 Å². The number of carboxylic acid groups (broad SMARTS) is 1. The molecule has 96 valence electrons. The summed E-state index contributed by atoms with van der Waals surface area (Å²) in [6.45, 7) is 3.67. The predicted molar refractivity (Wildman–Crippen MR) is 72.3 cm³/mol. The Bertz CT molecular complexity index is 514. The Morgan fingerprint density at radius 2 is 2.11 bits per heavy atom. The van der Waals surface area contributed by atoms with Gasteiger partial charge in [-0.05, 0) is 26.0 Å². The van der Waals surface area contributed by atoms with Crippen molar-refractivity contribution in [1.29, 1.82) is 0 Å². The molecule has 0 saturated heterocycles. The second-order valence-electron chi connectivity index (χ2n) is 4.52. The number of para-hydroxylation sites is 2. The molecular formula is C12H14N2O3S. The van der Waals surface area contributed by atoms with Gasteiger partial charge in [-0.1, -0.05) is 23.9 Å². The summed E-state index contributed by atoms with van der Waals surface area (Å²) in [5, 5.41) is 22.2. The highest BCUT2D eigenvalue weighted by Crippen LogP contribution is 2.38. The number of carboxylic acids is 1. The van der Waals surface area contributed by atoms with Crippen LogP contribution in [0, 0.1) is 0 Å². The van der Waals surface area contributed by atoms with Crippen LogP contribution in [-0.4, -0.2) is 32.1 Å². The first-order valence-electron chi connectivity index (χ1n) is 5.45. The van der Waals surface area contributed by atoms with E-state index in [1.807, 2.05) is 13.8 Å². The van der Waals surface area contributed by atoms with E-state index < -0.39 is 16.8 Å². The number of anilines is 1. The molecule has 0 spiro atoms. The number of phenolic OH excluding ortho intramolecular Hbond substituents is 1. The highest BCUT2D eigenvalue weighted by molar-refractivity contribution is 8.15. The van der Waals surface area contributed by atoms with Crippen LogP contribution in [0.2, 0.25) is 0 Å². The van der Waals surface area contributed by atoms with E-state index in [0.717, 1.165) is 0 Å². The van der Waals surface area contributed by atoms with Crippen LogP contribution in [-0.2, 0) is 4.79 Å². The number of thioether (sulfide) groups is 1. The zero-order chi connectivity index (χ0) is 13.3. The largest absolute Gasteiger partial charge is 0.506 e. The number of aromatic hydroxyl groups is 1. The molecule has 1 aromatic rings. The Morgan fingerprint density at radius 1 is 1.44 bits per heavy atom. The number of phenols is 1. The molecule has 1 aliphatic heterocycles. The van der Waals surface area contributed by atoms with Gasteiger partial charge in [0.05, 0.1) is 10.4 Å². The van der Waals surface area contributed by atoms with Crippen molar-refractivity contribution >= 4 is 28.6 Å². The van der Waals surface area contributed by atoms with Gasteiger partial charge in [-0.3, -0.25) is 0 Å². The molecule has 0 amide bonds. The van der Waals surface area contributed by atoms with Crippen LogP contribution in [0.5, 0.6) is 5.75 Å². The van der Waals surface area contributed by atoms with E-state index in [2.05, 4.69) is 10.3 Å². The van der Waals surface area contributed by atoms with Crippen LogP contribution < -0.4 is 5.32 Å². The molecule has 1 heterocycles. The summed E-state index contributed by atoms with van der Waals surface area (Å²) in [6, 6.07) is 5.98. The summed E-state index contributed by atoms with van der Waals surface area (Å²) in [5.41, 5.74) is 0.519. The lowest BCUT2D eigenvalue weighted by atomic mass is 10.0. The number of hydrogen-bond acceptors (Lipinski definition) is 5. The molecule has 0 fully saturated rings. The highest BCUT2D eigenvalue weighted by atomic mass is 32.2. The van der Waals surface area contributed by atoms with Crippen molar-refractivity contribution in [1.82, 2.24) is 0 Å². The van der Waals surface area contributed by atoms with E-state index >= 15 is 0 Å². The standard InChI is InChI=1S/C12H14N2O3S/c1-12(2)9(10(16)17)14-11(18-12)13-7-5-3-4-6-8(7)15/h3-6,9,15H,1-2H3,(H,13,14)(H,16,17). The monoisotopic (exact) mass is 266 g/mol. The van der Waals surface area contributed by atoms with Gasteiger partial charge in [0, 0.05) is 0 Å². The first-order valence-corrected chi connectivity index (χ1v) is 6.26. The summed E-state index contributed by atoms with van der Waals surface area (Å²) < 4.78 is -0.501. The van der Waals surface area contributed by atoms with Gasteiger partial charge in [0.15, 0.2) is 11.2 Å². The summed E-state index contributed by atoms with van der Waals surface area (Å²) >= 11 is 1.35. The molecule has 2 rings (SSSR count). The third-order valence-electron chi connectivity index (χ3n) is 2.64. The van der Waals surface area contributed by atoms with Crippen molar-refractivity contribution in [2.24, 2.45) is 4.99 Å². The number of aliphatic imine (C=N–C) groups is 1. The maximum absolute atomic E-state index is 11.1. The zero-order valence-electron chi connectivity index (χ0n) is 10.0. The van der Waals surface area contributed by atoms with Crippen LogP contribution in [0.25, 0.3) is 0 Å². The van der Waals surface area contributed by atoms with Gasteiger partial charge < -0.3 is 15.5 Å². The minimum Gasteiger partial charge on any atom is -0.506 e. The second-order valence-corrected chi connectivity index (χ2v) is 6.17. The van der Waals surface area contributed by atoms with E-state index in [4.69, 9.17) is 5.11 Å². The SMILES string of the molecule is CC1(C)SC(Nc2ccccc2O)=NC1C(=O)O. The number of amidine groups is 1. The maximum Gasteiger partial charge on any atom is 0.329 e. The quantitative estimate of drug-likeness (QED) is 0.714. The lowest BCUT2D eigenvalue weighted by molar-refractivity contribution is -0.138. The summed E-state index contributed by atoms with van der Waals surface area (Å²) in [5.74, 6) is -0.834. The van der Waals surface area contributed by atoms with Gasteiger partial charge in [0.2, 0.25) is 0 Å². The summed E-state index contributed by atoms with van der Waals surface area (Å²) in [4.78, 5) is 15.2. The van der Waals surface area contributed by atoms with Crippen LogP contribution in [0.4, 0.5) is 5.69 Å². The topological polar surface area (TPSA) is 81.9 Å². The fraction of sp³-hybridized carbons (Fsp3) is 0.333. The van der Waals surface area contributed by atoms with E-state index in [1.54, 1.807) is 24.3 Å². The van der Waals surface area contributed by atoms with E-state index in [9.17, 15) is 9.90 Å². The number of hydrogen-bond donors (Lipinski definition) is 3. The molecule has 1 aromatic carbocycles. The first-order chi connectivity index (χ1) is 8.40. The third kappa shape index (κ3) is 2.43. The summed E-state index contributed by atoms with van der Waals surface area (Å²) in [6.07, 6.45) is 0. The normalized spacial score (nSPS) is 21.4. The molecule has 0 bridgehead atoms. The van der Waals surface area contributed by atoms with Crippen molar-refractivity contribution in [3.63, 3.8) is 0 Å². The minimum absolute atomic E-state index is 0.109. The van der Waals surface area contributed by atoms with Crippen LogP contribution in [0.15, 0.2) is 29.3 Å². The van der Waals surface area contributed by atoms with Crippen molar-refractivity contribution in [3.05, 3.63) is 24.3 Å². The molecule has 0 aromatic heterocycles. The fourth-order valence-electron chi connectivity index (χ4n) is 1.71. The molecular weight excluding hydrogens is 252 g/mol. The smallest absolute Gasteiger partial charge is 0.329 e. The molecule has 0 saturated carbocycles. The van der Waals surface area contributed by atoms with Gasteiger partial charge in [-0.2, -0.15) is 0 Å². The van der Waals surface area contributed by atoms with Crippen LogP contribution in [0.1, 0.15) is 13.8 Å². The van der Waals surface area contributed by atoms with Crippen molar-refractivity contribution in [2.75, 3.05) is 5.32 Å². The fourth-order valence-corrected chi connectivity index (χ4v) is 2.79. The van der Waals surface area contributed by atoms with E-state index in [-0.39, 0.29) is 5.75 Å². The van der Waals surface area contributed by atoms with Crippen molar-refractivity contribution in [2.45, 2.75) is 24.6 Å². The summed E-state index contributed by atoms with van der Waals surface area (Å²) in [7, 11) is 0. The van der Waals surface area contributed by atoms with E-state index in [0.29, 0.717) is 10.9 Å². The van der Waals surface area contributed by atoms with Gasteiger partial charge >= 0.3 is 5.97 Å². The maximum atomic E-state index is 11.1. The van der Waals surface area contributed by atoms with Gasteiger partial charge in [-0.25, -0.2) is 9.79 Å². The molecule has 6 heteroatoms. The molecule has 0 aliphatic carbocycles. The third-order valence-corrected chi connectivity index (χ3v) is 3.79. The Kier molecular flexibility index (Phi) is 3.21. The first kappa shape index (κ1) is 12.8. The molecule has 3 N–H and O–H groups in total. The predicted octanol–water partition coefficient (Wildman–Crippen LogP) is 2.14. The molecule has 0 radical (unpaired) electrons. The highest BCUT2D eigenvalue weighted by Gasteiger charge is 2.42. The van der Waals surface area contributed by atoms with Crippen LogP contribution in [0.3, 0.4) is 0 Å². The molecule has 1 unspecified atom stereocenters. The number of nitrogens with one attached hydrogen (secondary N) is 1. The van der Waals surface area contributed by atoms with Gasteiger partial charge in [0.25, 0.3) is 0 Å². The Hall–Kier alpha value is -1.69. The Morgan fingerprint density at radius 3 is 2.67 bits per heavy atom. The molecule has 5 nitrogen and oxygen atoms in total.